The van der Waals surface area contributed by atoms with Crippen LogP contribution in [0, 0.1) is 13.8 Å². The minimum absolute atomic E-state index is 0.108. The molecule has 0 spiro atoms. The molecule has 0 aliphatic rings. The molecule has 2 heterocycles. The third kappa shape index (κ3) is 3.93. The molecule has 0 saturated heterocycles. The second-order valence-electron chi connectivity index (χ2n) is 6.31. The van der Waals surface area contributed by atoms with Gasteiger partial charge in [-0.3, -0.25) is 0 Å². The van der Waals surface area contributed by atoms with Crippen molar-refractivity contribution in [2.75, 3.05) is 0 Å². The Morgan fingerprint density at radius 3 is 1.81 bits per heavy atom. The van der Waals surface area contributed by atoms with Crippen LogP contribution in [0.4, 0.5) is 0 Å². The number of aromatic nitrogens is 4. The van der Waals surface area contributed by atoms with Crippen molar-refractivity contribution >= 4 is 11.8 Å². The van der Waals surface area contributed by atoms with Gasteiger partial charge in [0, 0.05) is 11.1 Å². The zero-order valence-corrected chi connectivity index (χ0v) is 16.0. The van der Waals surface area contributed by atoms with E-state index in [2.05, 4.69) is 20.4 Å². The van der Waals surface area contributed by atoms with Crippen molar-refractivity contribution in [2.45, 2.75) is 31.2 Å². The fourth-order valence-electron chi connectivity index (χ4n) is 2.48. The summed E-state index contributed by atoms with van der Waals surface area (Å²) in [5.41, 5.74) is 4.16. The van der Waals surface area contributed by atoms with E-state index in [4.69, 9.17) is 8.83 Å². The number of aryl methyl sites for hydroxylation is 2. The predicted octanol–water partition coefficient (Wildman–Crippen LogP) is 5.26. The van der Waals surface area contributed by atoms with Gasteiger partial charge in [-0.2, -0.15) is 0 Å². The van der Waals surface area contributed by atoms with Gasteiger partial charge in [0.25, 0.3) is 5.22 Å². The van der Waals surface area contributed by atoms with Gasteiger partial charge in [0.2, 0.25) is 17.7 Å². The molecule has 0 fully saturated rings. The van der Waals surface area contributed by atoms with Crippen LogP contribution in [-0.2, 0) is 0 Å². The molecule has 1 atom stereocenters. The number of hydrogen-bond donors (Lipinski definition) is 0. The van der Waals surface area contributed by atoms with E-state index in [1.807, 2.05) is 69.3 Å². The van der Waals surface area contributed by atoms with Crippen molar-refractivity contribution < 1.29 is 8.83 Å². The summed E-state index contributed by atoms with van der Waals surface area (Å²) < 4.78 is 11.6. The first-order chi connectivity index (χ1) is 13.1. The molecule has 0 radical (unpaired) electrons. The molecular formula is C20H18N4O2S. The number of benzene rings is 2. The van der Waals surface area contributed by atoms with Crippen LogP contribution in [0.1, 0.15) is 29.2 Å². The highest BCUT2D eigenvalue weighted by atomic mass is 32.2. The Morgan fingerprint density at radius 1 is 0.704 bits per heavy atom. The lowest BCUT2D eigenvalue weighted by atomic mass is 10.1. The van der Waals surface area contributed by atoms with E-state index in [0.29, 0.717) is 22.9 Å². The minimum atomic E-state index is -0.108. The van der Waals surface area contributed by atoms with E-state index in [1.165, 1.54) is 22.9 Å². The van der Waals surface area contributed by atoms with Crippen LogP contribution in [-0.4, -0.2) is 20.4 Å². The zero-order valence-electron chi connectivity index (χ0n) is 15.2. The quantitative estimate of drug-likeness (QED) is 0.438. The van der Waals surface area contributed by atoms with Crippen LogP contribution >= 0.6 is 11.8 Å². The number of nitrogens with zero attached hydrogens (tertiary/aromatic N) is 4. The normalized spacial score (nSPS) is 12.3. The van der Waals surface area contributed by atoms with Crippen molar-refractivity contribution in [2.24, 2.45) is 0 Å². The summed E-state index contributed by atoms with van der Waals surface area (Å²) in [6, 6.07) is 15.9. The Bertz CT molecular complexity index is 1040. The summed E-state index contributed by atoms with van der Waals surface area (Å²) >= 11 is 1.39. The second kappa shape index (κ2) is 7.36. The molecule has 27 heavy (non-hydrogen) atoms. The molecule has 0 aliphatic heterocycles. The first-order valence-electron chi connectivity index (χ1n) is 8.56. The lowest BCUT2D eigenvalue weighted by Gasteiger charge is -2.02. The maximum absolute atomic E-state index is 5.82. The van der Waals surface area contributed by atoms with Crippen LogP contribution in [0.5, 0.6) is 0 Å². The SMILES string of the molecule is Cc1ccc(-c2nnc(S[C@@H](C)c3nnc(-c4ccc(C)cc4)o3)o2)cc1. The predicted molar refractivity (Wildman–Crippen MR) is 103 cm³/mol. The third-order valence-corrected chi connectivity index (χ3v) is 4.99. The molecular weight excluding hydrogens is 360 g/mol. The fraction of sp³-hybridized carbons (Fsp3) is 0.200. The maximum atomic E-state index is 5.82. The number of hydrogen-bond acceptors (Lipinski definition) is 7. The van der Waals surface area contributed by atoms with Crippen molar-refractivity contribution in [1.82, 2.24) is 20.4 Å². The highest BCUT2D eigenvalue weighted by Crippen LogP contribution is 2.35. The molecule has 4 rings (SSSR count). The summed E-state index contributed by atoms with van der Waals surface area (Å²) in [4.78, 5) is 0. The maximum Gasteiger partial charge on any atom is 0.277 e. The van der Waals surface area contributed by atoms with Gasteiger partial charge in [0.15, 0.2) is 0 Å². The van der Waals surface area contributed by atoms with Gasteiger partial charge in [-0.05, 0) is 45.0 Å². The van der Waals surface area contributed by atoms with Crippen LogP contribution in [0.3, 0.4) is 0 Å². The standard InChI is InChI=1S/C20H18N4O2S/c1-12-4-8-15(9-5-12)18-22-21-17(25-18)14(3)27-20-24-23-19(26-20)16-10-6-13(2)7-11-16/h4-11,14H,1-3H3/t14-/m0/s1. The van der Waals surface area contributed by atoms with Crippen LogP contribution < -0.4 is 0 Å². The molecule has 6 nitrogen and oxygen atoms in total. The Labute approximate surface area is 161 Å². The van der Waals surface area contributed by atoms with Gasteiger partial charge in [-0.1, -0.05) is 47.2 Å². The highest BCUT2D eigenvalue weighted by molar-refractivity contribution is 7.99. The summed E-state index contributed by atoms with van der Waals surface area (Å²) in [5, 5.41) is 16.9. The fourth-order valence-corrected chi connectivity index (χ4v) is 3.20. The van der Waals surface area contributed by atoms with Gasteiger partial charge in [-0.25, -0.2) is 0 Å². The minimum Gasteiger partial charge on any atom is -0.419 e. The van der Waals surface area contributed by atoms with Gasteiger partial charge in [-0.15, -0.1) is 20.4 Å². The van der Waals surface area contributed by atoms with Gasteiger partial charge < -0.3 is 8.83 Å². The van der Waals surface area contributed by atoms with Crippen molar-refractivity contribution in [3.8, 4) is 22.9 Å². The smallest absolute Gasteiger partial charge is 0.277 e. The Morgan fingerprint density at radius 2 is 1.22 bits per heavy atom. The van der Waals surface area contributed by atoms with Crippen LogP contribution in [0.2, 0.25) is 0 Å². The summed E-state index contributed by atoms with van der Waals surface area (Å²) in [5.74, 6) is 1.52. The van der Waals surface area contributed by atoms with E-state index in [1.54, 1.807) is 0 Å². The molecule has 7 heteroatoms. The molecule has 4 aromatic rings. The Kier molecular flexibility index (Phi) is 4.77. The first kappa shape index (κ1) is 17.5. The average Bonchev–Trinajstić information content (AvgIpc) is 3.33. The van der Waals surface area contributed by atoms with Crippen LogP contribution in [0.15, 0.2) is 62.6 Å². The van der Waals surface area contributed by atoms with Gasteiger partial charge >= 0.3 is 0 Å². The highest BCUT2D eigenvalue weighted by Gasteiger charge is 2.19. The molecule has 2 aromatic carbocycles. The van der Waals surface area contributed by atoms with Gasteiger partial charge in [0.05, 0.1) is 5.25 Å². The lowest BCUT2D eigenvalue weighted by molar-refractivity contribution is 0.461. The lowest BCUT2D eigenvalue weighted by Crippen LogP contribution is -1.88. The second-order valence-corrected chi connectivity index (χ2v) is 7.60. The summed E-state index contributed by atoms with van der Waals surface area (Å²) in [6.07, 6.45) is 0. The molecule has 136 valence electrons. The monoisotopic (exact) mass is 378 g/mol. The molecule has 0 N–H and O–H groups in total. The molecule has 0 aliphatic carbocycles. The van der Waals surface area contributed by atoms with E-state index in [-0.39, 0.29) is 5.25 Å². The molecule has 0 saturated carbocycles. The van der Waals surface area contributed by atoms with E-state index in [9.17, 15) is 0 Å². The van der Waals surface area contributed by atoms with Crippen LogP contribution in [0.25, 0.3) is 22.9 Å². The third-order valence-electron chi connectivity index (χ3n) is 4.07. The first-order valence-corrected chi connectivity index (χ1v) is 9.44. The van der Waals surface area contributed by atoms with Gasteiger partial charge in [0.1, 0.15) is 0 Å². The van der Waals surface area contributed by atoms with E-state index < -0.39 is 0 Å². The molecule has 0 amide bonds. The topological polar surface area (TPSA) is 77.8 Å². The van der Waals surface area contributed by atoms with Crippen molar-refractivity contribution in [3.05, 3.63) is 65.5 Å². The molecule has 0 unspecified atom stereocenters. The summed E-state index contributed by atoms with van der Waals surface area (Å²) in [6.45, 7) is 6.04. The van der Waals surface area contributed by atoms with Crippen molar-refractivity contribution in [1.29, 1.82) is 0 Å². The number of rotatable bonds is 5. The zero-order chi connectivity index (χ0) is 18.8. The molecule has 2 aromatic heterocycles. The average molecular weight is 378 g/mol. The van der Waals surface area contributed by atoms with E-state index in [0.717, 1.165) is 11.1 Å². The molecule has 0 bridgehead atoms. The largest absolute Gasteiger partial charge is 0.419 e. The summed E-state index contributed by atoms with van der Waals surface area (Å²) in [7, 11) is 0. The Balaban J connectivity index is 1.47. The van der Waals surface area contributed by atoms with Crippen molar-refractivity contribution in [3.63, 3.8) is 0 Å². The van der Waals surface area contributed by atoms with E-state index >= 15 is 0 Å². The Hall–Kier alpha value is -2.93. The number of thioether (sulfide) groups is 1.